The Balaban J connectivity index is 1.50. The predicted molar refractivity (Wildman–Crippen MR) is 110 cm³/mol. The van der Waals surface area contributed by atoms with Gasteiger partial charge in [0.15, 0.2) is 21.6 Å². The third-order valence-corrected chi connectivity index (χ3v) is 7.61. The first-order valence-electron chi connectivity index (χ1n) is 10.1. The van der Waals surface area contributed by atoms with Gasteiger partial charge in [-0.2, -0.15) is 5.10 Å². The molecule has 1 amide bonds. The smallest absolute Gasteiger partial charge is 0.359 e. The lowest BCUT2D eigenvalue weighted by Gasteiger charge is -2.26. The molecule has 1 aliphatic heterocycles. The number of sulfone groups is 1. The molecule has 160 valence electrons. The molecule has 2 aromatic rings. The van der Waals surface area contributed by atoms with Gasteiger partial charge < -0.3 is 9.64 Å². The average Bonchev–Trinajstić information content (AvgIpc) is 3.42. The molecule has 2 aliphatic rings. The van der Waals surface area contributed by atoms with Crippen molar-refractivity contribution in [1.29, 1.82) is 0 Å². The Labute approximate surface area is 175 Å². The summed E-state index contributed by atoms with van der Waals surface area (Å²) in [6.45, 7) is 1.51. The quantitative estimate of drug-likeness (QED) is 0.666. The number of amides is 1. The normalized spacial score (nSPS) is 20.5. The zero-order valence-electron chi connectivity index (χ0n) is 17.1. The second kappa shape index (κ2) is 7.86. The van der Waals surface area contributed by atoms with Crippen LogP contribution in [-0.2, 0) is 32.2 Å². The third kappa shape index (κ3) is 3.86. The Hall–Kier alpha value is -2.68. The van der Waals surface area contributed by atoms with E-state index in [9.17, 15) is 18.0 Å². The number of benzene rings is 1. The molecular formula is C21H25N3O5S. The summed E-state index contributed by atoms with van der Waals surface area (Å²) >= 11 is 0. The maximum atomic E-state index is 12.8. The third-order valence-electron chi connectivity index (χ3n) is 5.86. The van der Waals surface area contributed by atoms with Gasteiger partial charge in [-0.15, -0.1) is 0 Å². The summed E-state index contributed by atoms with van der Waals surface area (Å²) in [5.41, 5.74) is 3.00. The molecule has 1 fully saturated rings. The van der Waals surface area contributed by atoms with E-state index in [4.69, 9.17) is 4.74 Å². The van der Waals surface area contributed by atoms with Crippen LogP contribution in [0.1, 0.15) is 41.5 Å². The first-order valence-corrected chi connectivity index (χ1v) is 11.9. The van der Waals surface area contributed by atoms with Crippen molar-refractivity contribution in [1.82, 2.24) is 14.7 Å². The molecule has 30 heavy (non-hydrogen) atoms. The van der Waals surface area contributed by atoms with Crippen LogP contribution in [0.25, 0.3) is 5.69 Å². The van der Waals surface area contributed by atoms with Crippen LogP contribution in [0.5, 0.6) is 0 Å². The SMILES string of the molecule is C[C@H](OC(=O)c1nn(-c2ccccc2)c2c1CCC2)C(=O)N(C)[C@H]1CCS(=O)(=O)C1. The maximum Gasteiger partial charge on any atom is 0.359 e. The first-order chi connectivity index (χ1) is 14.3. The summed E-state index contributed by atoms with van der Waals surface area (Å²) in [4.78, 5) is 26.9. The van der Waals surface area contributed by atoms with Gasteiger partial charge in [0.05, 0.1) is 17.2 Å². The molecule has 0 spiro atoms. The van der Waals surface area contributed by atoms with Gasteiger partial charge in [-0.3, -0.25) is 4.79 Å². The zero-order valence-corrected chi connectivity index (χ0v) is 17.9. The molecule has 4 rings (SSSR count). The van der Waals surface area contributed by atoms with Gasteiger partial charge >= 0.3 is 5.97 Å². The number of aromatic nitrogens is 2. The summed E-state index contributed by atoms with van der Waals surface area (Å²) in [5.74, 6) is -1.02. The summed E-state index contributed by atoms with van der Waals surface area (Å²) in [7, 11) is -1.56. The zero-order chi connectivity index (χ0) is 21.5. The Kier molecular flexibility index (Phi) is 5.40. The molecule has 0 bridgehead atoms. The Bertz CT molecular complexity index is 1080. The molecule has 0 unspecified atom stereocenters. The highest BCUT2D eigenvalue weighted by molar-refractivity contribution is 7.91. The molecule has 1 aromatic carbocycles. The molecule has 2 heterocycles. The van der Waals surface area contributed by atoms with Crippen molar-refractivity contribution in [2.45, 2.75) is 44.8 Å². The van der Waals surface area contributed by atoms with Gasteiger partial charge in [0.2, 0.25) is 0 Å². The number of hydrogen-bond acceptors (Lipinski definition) is 6. The van der Waals surface area contributed by atoms with E-state index in [2.05, 4.69) is 5.10 Å². The van der Waals surface area contributed by atoms with Crippen LogP contribution in [-0.4, -0.2) is 65.7 Å². The van der Waals surface area contributed by atoms with Crippen LogP contribution >= 0.6 is 0 Å². The number of hydrogen-bond donors (Lipinski definition) is 0. The number of fused-ring (bicyclic) bond motifs is 1. The fraction of sp³-hybridized carbons (Fsp3) is 0.476. The van der Waals surface area contributed by atoms with E-state index in [1.165, 1.54) is 11.8 Å². The van der Waals surface area contributed by atoms with E-state index >= 15 is 0 Å². The monoisotopic (exact) mass is 431 g/mol. The average molecular weight is 432 g/mol. The van der Waals surface area contributed by atoms with E-state index < -0.39 is 27.8 Å². The van der Waals surface area contributed by atoms with Crippen LogP contribution in [0, 0.1) is 0 Å². The predicted octanol–water partition coefficient (Wildman–Crippen LogP) is 1.55. The van der Waals surface area contributed by atoms with Crippen molar-refractivity contribution in [3.63, 3.8) is 0 Å². The number of esters is 1. The second-order valence-electron chi connectivity index (χ2n) is 7.93. The summed E-state index contributed by atoms with van der Waals surface area (Å²) in [5, 5.41) is 4.49. The lowest BCUT2D eigenvalue weighted by atomic mass is 10.2. The van der Waals surface area contributed by atoms with Crippen molar-refractivity contribution in [2.75, 3.05) is 18.6 Å². The molecule has 1 saturated heterocycles. The van der Waals surface area contributed by atoms with Crippen molar-refractivity contribution in [2.24, 2.45) is 0 Å². The molecule has 0 N–H and O–H groups in total. The maximum absolute atomic E-state index is 12.8. The number of likely N-dealkylation sites (N-methyl/N-ethyl adjacent to an activating group) is 1. The van der Waals surface area contributed by atoms with Crippen LogP contribution < -0.4 is 0 Å². The second-order valence-corrected chi connectivity index (χ2v) is 10.2. The number of ether oxygens (including phenoxy) is 1. The van der Waals surface area contributed by atoms with Gasteiger partial charge in [-0.25, -0.2) is 17.9 Å². The standard InChI is InChI=1S/C21H25N3O5S/c1-14(20(25)23(2)16-11-12-30(27,28)13-16)29-21(26)19-17-9-6-10-18(17)24(22-19)15-7-4-3-5-8-15/h3-5,7-8,14,16H,6,9-13H2,1-2H3/t14-,16-/m0/s1. The van der Waals surface area contributed by atoms with E-state index in [0.29, 0.717) is 6.42 Å². The minimum Gasteiger partial charge on any atom is -0.448 e. The molecule has 8 nitrogen and oxygen atoms in total. The first kappa shape index (κ1) is 20.6. The van der Waals surface area contributed by atoms with Crippen LogP contribution in [0.4, 0.5) is 0 Å². The molecule has 9 heteroatoms. The highest BCUT2D eigenvalue weighted by Gasteiger charge is 2.36. The number of nitrogens with zero attached hydrogens (tertiary/aromatic N) is 3. The Morgan fingerprint density at radius 3 is 2.63 bits per heavy atom. The molecule has 0 saturated carbocycles. The van der Waals surface area contributed by atoms with E-state index in [-0.39, 0.29) is 23.2 Å². The lowest BCUT2D eigenvalue weighted by Crippen LogP contribution is -2.44. The minimum absolute atomic E-state index is 0.0507. The number of carbonyl (C=O) groups excluding carboxylic acids is 2. The van der Waals surface area contributed by atoms with Crippen LogP contribution in [0.15, 0.2) is 30.3 Å². The van der Waals surface area contributed by atoms with Gasteiger partial charge in [0.1, 0.15) is 0 Å². The van der Waals surface area contributed by atoms with Gasteiger partial charge in [-0.05, 0) is 44.7 Å². The minimum atomic E-state index is -3.11. The topological polar surface area (TPSA) is 98.6 Å². The van der Waals surface area contributed by atoms with Gasteiger partial charge in [-0.1, -0.05) is 18.2 Å². The van der Waals surface area contributed by atoms with E-state index in [1.54, 1.807) is 11.7 Å². The van der Waals surface area contributed by atoms with E-state index in [1.807, 2.05) is 30.3 Å². The summed E-state index contributed by atoms with van der Waals surface area (Å²) < 4.78 is 30.6. The van der Waals surface area contributed by atoms with Crippen LogP contribution in [0.3, 0.4) is 0 Å². The molecular weight excluding hydrogens is 406 g/mol. The van der Waals surface area contributed by atoms with Gasteiger partial charge in [0, 0.05) is 24.3 Å². The summed E-state index contributed by atoms with van der Waals surface area (Å²) in [6.07, 6.45) is 1.89. The highest BCUT2D eigenvalue weighted by Crippen LogP contribution is 2.28. The Morgan fingerprint density at radius 2 is 1.97 bits per heavy atom. The van der Waals surface area contributed by atoms with Crippen molar-refractivity contribution in [3.8, 4) is 5.69 Å². The highest BCUT2D eigenvalue weighted by atomic mass is 32.2. The Morgan fingerprint density at radius 1 is 1.23 bits per heavy atom. The van der Waals surface area contributed by atoms with Crippen molar-refractivity contribution in [3.05, 3.63) is 47.3 Å². The number of para-hydroxylation sites is 1. The largest absolute Gasteiger partial charge is 0.448 e. The molecule has 2 atom stereocenters. The fourth-order valence-corrected chi connectivity index (χ4v) is 5.97. The molecule has 1 aromatic heterocycles. The van der Waals surface area contributed by atoms with Gasteiger partial charge in [0.25, 0.3) is 5.91 Å². The number of carbonyl (C=O) groups is 2. The molecule has 1 aliphatic carbocycles. The number of rotatable bonds is 5. The van der Waals surface area contributed by atoms with Crippen LogP contribution in [0.2, 0.25) is 0 Å². The molecule has 0 radical (unpaired) electrons. The fourth-order valence-electron chi connectivity index (χ4n) is 4.20. The van der Waals surface area contributed by atoms with Crippen molar-refractivity contribution >= 4 is 21.7 Å². The van der Waals surface area contributed by atoms with E-state index in [0.717, 1.165) is 36.2 Å². The summed E-state index contributed by atoms with van der Waals surface area (Å²) in [6, 6.07) is 9.22. The van der Waals surface area contributed by atoms with Crippen molar-refractivity contribution < 1.29 is 22.7 Å². The lowest BCUT2D eigenvalue weighted by molar-refractivity contribution is -0.140.